The van der Waals surface area contributed by atoms with E-state index in [9.17, 15) is 45.6 Å². The summed E-state index contributed by atoms with van der Waals surface area (Å²) < 4.78 is 22.8. The Kier molecular flexibility index (Phi) is 39.4. The Balaban J connectivity index is 1.75. The zero-order valence-electron chi connectivity index (χ0n) is 43.8. The summed E-state index contributed by atoms with van der Waals surface area (Å²) in [6.45, 7) is 2.89. The molecule has 0 aliphatic carbocycles. The van der Waals surface area contributed by atoms with Gasteiger partial charge in [-0.1, -0.05) is 232 Å². The molecule has 9 N–H and O–H groups in total. The average Bonchev–Trinajstić information content (AvgIpc) is 3.35. The van der Waals surface area contributed by atoms with E-state index >= 15 is 0 Å². The second kappa shape index (κ2) is 42.4. The molecule has 69 heavy (non-hydrogen) atoms. The summed E-state index contributed by atoms with van der Waals surface area (Å²) in [7, 11) is 0. The monoisotopic (exact) mass is 990 g/mol. The average molecular weight is 990 g/mol. The molecule has 1 amide bonds. The van der Waals surface area contributed by atoms with Crippen LogP contribution in [-0.4, -0.2) is 140 Å². The molecule has 2 saturated heterocycles. The summed E-state index contributed by atoms with van der Waals surface area (Å²) in [5.74, 6) is -0.201. The van der Waals surface area contributed by atoms with Crippen LogP contribution in [0, 0.1) is 0 Å². The molecule has 4 unspecified atom stereocenters. The predicted molar refractivity (Wildman–Crippen MR) is 272 cm³/mol. The van der Waals surface area contributed by atoms with Crippen LogP contribution >= 0.6 is 0 Å². The van der Waals surface area contributed by atoms with Gasteiger partial charge < -0.3 is 65.1 Å². The first-order valence-electron chi connectivity index (χ1n) is 28.8. The summed E-state index contributed by atoms with van der Waals surface area (Å²) in [5.41, 5.74) is 0. The van der Waals surface area contributed by atoms with E-state index in [2.05, 4.69) is 19.2 Å². The van der Waals surface area contributed by atoms with Crippen LogP contribution in [0.15, 0.2) is 0 Å². The van der Waals surface area contributed by atoms with E-state index in [1.54, 1.807) is 0 Å². The maximum Gasteiger partial charge on any atom is 0.220 e. The molecule has 2 heterocycles. The molecule has 2 rings (SSSR count). The van der Waals surface area contributed by atoms with Crippen molar-refractivity contribution in [3.05, 3.63) is 0 Å². The molecule has 14 nitrogen and oxygen atoms in total. The number of aliphatic hydroxyl groups is 8. The fraction of sp³-hybridized carbons (Fsp3) is 0.982. The third-order valence-electron chi connectivity index (χ3n) is 14.6. The Labute approximate surface area is 419 Å². The van der Waals surface area contributed by atoms with E-state index in [1.807, 2.05) is 0 Å². The molecule has 12 atom stereocenters. The minimum atomic E-state index is -1.78. The normalized spacial score (nSPS) is 26.1. The van der Waals surface area contributed by atoms with Crippen LogP contribution in [0.5, 0.6) is 0 Å². The van der Waals surface area contributed by atoms with Gasteiger partial charge in [-0.15, -0.1) is 0 Å². The first-order chi connectivity index (χ1) is 33.6. The second-order valence-electron chi connectivity index (χ2n) is 20.8. The molecule has 0 spiro atoms. The van der Waals surface area contributed by atoms with Crippen LogP contribution in [0.3, 0.4) is 0 Å². The third kappa shape index (κ3) is 28.9. The van der Waals surface area contributed by atoms with E-state index in [4.69, 9.17) is 18.9 Å². The number of hydrogen-bond acceptors (Lipinski definition) is 13. The van der Waals surface area contributed by atoms with Crippen LogP contribution in [0.1, 0.15) is 251 Å². The van der Waals surface area contributed by atoms with Gasteiger partial charge in [-0.25, -0.2) is 0 Å². The highest BCUT2D eigenvalue weighted by atomic mass is 16.7. The highest BCUT2D eigenvalue weighted by Gasteiger charge is 2.51. The summed E-state index contributed by atoms with van der Waals surface area (Å²) >= 11 is 0. The van der Waals surface area contributed by atoms with E-state index in [-0.39, 0.29) is 12.5 Å². The number of hydrogen-bond donors (Lipinski definition) is 9. The van der Waals surface area contributed by atoms with Crippen LogP contribution in [0.25, 0.3) is 0 Å². The summed E-state index contributed by atoms with van der Waals surface area (Å²) in [6, 6.07) is -0.821. The predicted octanol–water partition coefficient (Wildman–Crippen LogP) is 8.95. The van der Waals surface area contributed by atoms with Crippen molar-refractivity contribution in [3.63, 3.8) is 0 Å². The smallest absolute Gasteiger partial charge is 0.220 e. The van der Waals surface area contributed by atoms with Gasteiger partial charge in [-0.2, -0.15) is 0 Å². The molecule has 0 radical (unpaired) electrons. The Hall–Kier alpha value is -1.01. The molecular weight excluding hydrogens is 883 g/mol. The van der Waals surface area contributed by atoms with Gasteiger partial charge in [0, 0.05) is 6.42 Å². The molecule has 0 aromatic heterocycles. The summed E-state index contributed by atoms with van der Waals surface area (Å²) in [4.78, 5) is 13.2. The maximum absolute atomic E-state index is 13.2. The van der Waals surface area contributed by atoms with E-state index in [0.29, 0.717) is 12.8 Å². The SMILES string of the molecule is CCCCCCCCCCCCCCCCCCCCCCCC(=O)N[C@@H](CO[C@@H]1O[C@H](CO)[C@@H](O[C@@H]2O[C@H](CO)[C@H](O)C(O)C2O)C(O)C1O)[C@H](O)CCCCCCCCCCCCCCCC. The Morgan fingerprint density at radius 3 is 1.23 bits per heavy atom. The van der Waals surface area contributed by atoms with Crippen molar-refractivity contribution in [1.29, 1.82) is 0 Å². The first kappa shape index (κ1) is 64.1. The minimum Gasteiger partial charge on any atom is -0.394 e. The molecule has 2 aliphatic heterocycles. The molecule has 410 valence electrons. The highest BCUT2D eigenvalue weighted by Crippen LogP contribution is 2.30. The number of aliphatic hydroxyl groups excluding tert-OH is 8. The number of ether oxygens (including phenoxy) is 4. The fourth-order valence-corrected chi connectivity index (χ4v) is 9.89. The molecule has 2 fully saturated rings. The van der Waals surface area contributed by atoms with Crippen molar-refractivity contribution in [2.75, 3.05) is 19.8 Å². The van der Waals surface area contributed by atoms with Crippen LogP contribution in [0.2, 0.25) is 0 Å². The molecule has 0 saturated carbocycles. The molecular formula is C55H107NO13. The molecule has 14 heteroatoms. The number of carbonyl (C=O) groups excluding carboxylic acids is 1. The largest absolute Gasteiger partial charge is 0.394 e. The van der Waals surface area contributed by atoms with Gasteiger partial charge in [0.1, 0.15) is 48.8 Å². The zero-order chi connectivity index (χ0) is 50.3. The fourth-order valence-electron chi connectivity index (χ4n) is 9.89. The maximum atomic E-state index is 13.2. The lowest BCUT2D eigenvalue weighted by Crippen LogP contribution is -2.65. The van der Waals surface area contributed by atoms with Crippen molar-refractivity contribution in [3.8, 4) is 0 Å². The number of amides is 1. The highest BCUT2D eigenvalue weighted by molar-refractivity contribution is 5.76. The van der Waals surface area contributed by atoms with Crippen molar-refractivity contribution in [2.24, 2.45) is 0 Å². The van der Waals surface area contributed by atoms with Gasteiger partial charge in [0.05, 0.1) is 32.0 Å². The summed E-state index contributed by atoms with van der Waals surface area (Å²) in [6.07, 6.45) is 28.1. The van der Waals surface area contributed by atoms with Gasteiger partial charge in [0.2, 0.25) is 5.91 Å². The second-order valence-corrected chi connectivity index (χ2v) is 20.8. The van der Waals surface area contributed by atoms with Gasteiger partial charge in [-0.05, 0) is 12.8 Å². The number of carbonyl (C=O) groups is 1. The van der Waals surface area contributed by atoms with Crippen molar-refractivity contribution < 1.29 is 64.6 Å². The van der Waals surface area contributed by atoms with Crippen molar-refractivity contribution in [1.82, 2.24) is 5.32 Å². The van der Waals surface area contributed by atoms with Gasteiger partial charge in [0.25, 0.3) is 0 Å². The third-order valence-corrected chi connectivity index (χ3v) is 14.6. The number of unbranched alkanes of at least 4 members (excludes halogenated alkanes) is 33. The van der Waals surface area contributed by atoms with Gasteiger partial charge >= 0.3 is 0 Å². The van der Waals surface area contributed by atoms with E-state index in [1.165, 1.54) is 173 Å². The Morgan fingerprint density at radius 1 is 0.464 bits per heavy atom. The Bertz CT molecular complexity index is 1170. The standard InChI is InChI=1S/C55H107NO13/c1-3-5-7-9-11-13-15-17-19-20-21-22-23-24-25-27-29-31-33-35-37-39-47(60)56-43(44(59)38-36-34-32-30-28-26-18-16-14-12-10-8-6-4-2)42-66-54-52(65)50(63)53(46(41-58)68-54)69-55-51(64)49(62)48(61)45(40-57)67-55/h43-46,48-55,57-59,61-65H,3-42H2,1-2H3,(H,56,60)/t43-,44+,45+,46+,48-,49?,50?,51?,52?,53+,54+,55-/m0/s1. The lowest BCUT2D eigenvalue weighted by Gasteiger charge is -2.46. The van der Waals surface area contributed by atoms with Crippen molar-refractivity contribution >= 4 is 5.91 Å². The molecule has 0 aromatic rings. The molecule has 0 bridgehead atoms. The number of nitrogens with one attached hydrogen (secondary N) is 1. The Morgan fingerprint density at radius 2 is 0.826 bits per heavy atom. The van der Waals surface area contributed by atoms with E-state index in [0.717, 1.165) is 51.4 Å². The molecule has 0 aromatic carbocycles. The van der Waals surface area contributed by atoms with Crippen LogP contribution in [-0.2, 0) is 23.7 Å². The van der Waals surface area contributed by atoms with Crippen molar-refractivity contribution in [2.45, 2.75) is 325 Å². The minimum absolute atomic E-state index is 0.201. The van der Waals surface area contributed by atoms with Crippen LogP contribution < -0.4 is 5.32 Å². The lowest BCUT2D eigenvalue weighted by molar-refractivity contribution is -0.359. The van der Waals surface area contributed by atoms with Gasteiger partial charge in [0.15, 0.2) is 12.6 Å². The zero-order valence-corrected chi connectivity index (χ0v) is 43.8. The lowest BCUT2D eigenvalue weighted by atomic mass is 9.97. The van der Waals surface area contributed by atoms with E-state index < -0.39 is 86.8 Å². The number of rotatable bonds is 46. The topological polar surface area (TPSA) is 228 Å². The molecule has 2 aliphatic rings. The first-order valence-corrected chi connectivity index (χ1v) is 28.8. The van der Waals surface area contributed by atoms with Crippen LogP contribution in [0.4, 0.5) is 0 Å². The quantitative estimate of drug-likeness (QED) is 0.0260. The van der Waals surface area contributed by atoms with Gasteiger partial charge in [-0.3, -0.25) is 4.79 Å². The summed E-state index contributed by atoms with van der Waals surface area (Å²) in [5, 5.41) is 87.1.